The lowest BCUT2D eigenvalue weighted by molar-refractivity contribution is 0.249. The van der Waals surface area contributed by atoms with E-state index in [4.69, 9.17) is 28.9 Å². The Labute approximate surface area is 117 Å². The van der Waals surface area contributed by atoms with E-state index in [1.165, 1.54) is 16.4 Å². The van der Waals surface area contributed by atoms with E-state index in [-0.39, 0.29) is 21.0 Å². The minimum atomic E-state index is -3.66. The SMILES string of the molecule is CN(C1CCC1)S(=O)(=O)c1c(Cl)cc(N)cc1Cl. The third-order valence-corrected chi connectivity index (χ3v) is 6.08. The highest BCUT2D eigenvalue weighted by atomic mass is 35.5. The summed E-state index contributed by atoms with van der Waals surface area (Å²) in [7, 11) is -2.11. The number of benzene rings is 1. The molecule has 0 heterocycles. The number of hydrogen-bond acceptors (Lipinski definition) is 3. The molecule has 0 amide bonds. The van der Waals surface area contributed by atoms with Crippen molar-refractivity contribution < 1.29 is 8.42 Å². The van der Waals surface area contributed by atoms with Crippen LogP contribution in [0, 0.1) is 0 Å². The lowest BCUT2D eigenvalue weighted by Crippen LogP contribution is -2.41. The quantitative estimate of drug-likeness (QED) is 0.873. The van der Waals surface area contributed by atoms with E-state index in [0.29, 0.717) is 5.69 Å². The first-order valence-electron chi connectivity index (χ1n) is 5.56. The fraction of sp³-hybridized carbons (Fsp3) is 0.455. The molecule has 0 aliphatic heterocycles. The average molecular weight is 309 g/mol. The maximum absolute atomic E-state index is 12.4. The van der Waals surface area contributed by atoms with Crippen LogP contribution in [-0.2, 0) is 10.0 Å². The fourth-order valence-corrected chi connectivity index (χ4v) is 4.51. The summed E-state index contributed by atoms with van der Waals surface area (Å²) in [6, 6.07) is 2.84. The molecular formula is C11H14Cl2N2O2S. The Hall–Kier alpha value is -0.490. The van der Waals surface area contributed by atoms with Gasteiger partial charge in [0.2, 0.25) is 10.0 Å². The molecule has 0 spiro atoms. The summed E-state index contributed by atoms with van der Waals surface area (Å²) in [4.78, 5) is -0.0607. The Bertz CT molecular complexity index is 547. The summed E-state index contributed by atoms with van der Waals surface area (Å²) in [6.07, 6.45) is 2.80. The van der Waals surface area contributed by atoms with Gasteiger partial charge in [0.25, 0.3) is 0 Å². The first-order chi connectivity index (χ1) is 8.34. The molecule has 2 N–H and O–H groups in total. The van der Waals surface area contributed by atoms with E-state index in [9.17, 15) is 8.42 Å². The zero-order valence-corrected chi connectivity index (χ0v) is 12.2. The molecule has 1 aromatic carbocycles. The smallest absolute Gasteiger partial charge is 0.246 e. The molecule has 1 aliphatic rings. The first-order valence-corrected chi connectivity index (χ1v) is 7.76. The van der Waals surface area contributed by atoms with Crippen LogP contribution in [0.2, 0.25) is 10.0 Å². The summed E-state index contributed by atoms with van der Waals surface area (Å²) in [6.45, 7) is 0. The van der Waals surface area contributed by atoms with Crippen LogP contribution in [0.15, 0.2) is 17.0 Å². The van der Waals surface area contributed by atoms with Crippen LogP contribution in [0.1, 0.15) is 19.3 Å². The van der Waals surface area contributed by atoms with Gasteiger partial charge in [-0.05, 0) is 25.0 Å². The van der Waals surface area contributed by atoms with Crippen molar-refractivity contribution in [3.05, 3.63) is 22.2 Å². The van der Waals surface area contributed by atoms with Crippen molar-refractivity contribution in [1.82, 2.24) is 4.31 Å². The minimum absolute atomic E-state index is 0.0414. The second kappa shape index (κ2) is 4.89. The van der Waals surface area contributed by atoms with Crippen molar-refractivity contribution in [2.45, 2.75) is 30.2 Å². The Balaban J connectivity index is 2.47. The molecule has 1 fully saturated rings. The summed E-state index contributed by atoms with van der Waals surface area (Å²) in [5.74, 6) is 0. The van der Waals surface area contributed by atoms with E-state index < -0.39 is 10.0 Å². The van der Waals surface area contributed by atoms with Gasteiger partial charge in [-0.2, -0.15) is 4.31 Å². The van der Waals surface area contributed by atoms with Gasteiger partial charge in [-0.1, -0.05) is 29.6 Å². The number of nitrogens with two attached hydrogens (primary N) is 1. The monoisotopic (exact) mass is 308 g/mol. The molecule has 0 unspecified atom stereocenters. The Kier molecular flexibility index (Phi) is 3.78. The van der Waals surface area contributed by atoms with Crippen LogP contribution >= 0.6 is 23.2 Å². The van der Waals surface area contributed by atoms with Gasteiger partial charge >= 0.3 is 0 Å². The predicted octanol–water partition coefficient (Wildman–Crippen LogP) is 2.75. The molecule has 0 atom stereocenters. The average Bonchev–Trinajstić information content (AvgIpc) is 2.11. The van der Waals surface area contributed by atoms with E-state index in [1.54, 1.807) is 7.05 Å². The fourth-order valence-electron chi connectivity index (χ4n) is 1.92. The van der Waals surface area contributed by atoms with Crippen LogP contribution in [0.4, 0.5) is 5.69 Å². The van der Waals surface area contributed by atoms with E-state index in [0.717, 1.165) is 19.3 Å². The van der Waals surface area contributed by atoms with Crippen molar-refractivity contribution in [2.75, 3.05) is 12.8 Å². The van der Waals surface area contributed by atoms with Crippen LogP contribution in [0.3, 0.4) is 0 Å². The van der Waals surface area contributed by atoms with Gasteiger partial charge in [0, 0.05) is 18.8 Å². The second-order valence-electron chi connectivity index (χ2n) is 4.42. The molecule has 0 saturated heterocycles. The van der Waals surface area contributed by atoms with Crippen molar-refractivity contribution in [3.8, 4) is 0 Å². The summed E-state index contributed by atoms with van der Waals surface area (Å²) < 4.78 is 26.2. The van der Waals surface area contributed by atoms with Gasteiger partial charge in [0.05, 0.1) is 10.0 Å². The number of anilines is 1. The lowest BCUT2D eigenvalue weighted by atomic mass is 9.94. The molecular weight excluding hydrogens is 295 g/mol. The third kappa shape index (κ3) is 2.32. The largest absolute Gasteiger partial charge is 0.399 e. The predicted molar refractivity (Wildman–Crippen MR) is 73.5 cm³/mol. The molecule has 1 saturated carbocycles. The van der Waals surface area contributed by atoms with Crippen LogP contribution in [-0.4, -0.2) is 25.8 Å². The van der Waals surface area contributed by atoms with E-state index in [2.05, 4.69) is 0 Å². The van der Waals surface area contributed by atoms with Gasteiger partial charge in [0.15, 0.2) is 0 Å². The van der Waals surface area contributed by atoms with Crippen molar-refractivity contribution in [3.63, 3.8) is 0 Å². The zero-order chi connectivity index (χ0) is 13.5. The molecule has 0 radical (unpaired) electrons. The van der Waals surface area contributed by atoms with Gasteiger partial charge < -0.3 is 5.73 Å². The van der Waals surface area contributed by atoms with E-state index >= 15 is 0 Å². The summed E-state index contributed by atoms with van der Waals surface area (Å²) in [5.41, 5.74) is 5.91. The van der Waals surface area contributed by atoms with Crippen molar-refractivity contribution >= 4 is 38.9 Å². The lowest BCUT2D eigenvalue weighted by Gasteiger charge is -2.34. The van der Waals surface area contributed by atoms with Gasteiger partial charge in [-0.3, -0.25) is 0 Å². The zero-order valence-electron chi connectivity index (χ0n) is 9.86. The minimum Gasteiger partial charge on any atom is -0.399 e. The normalized spacial score (nSPS) is 16.9. The summed E-state index contributed by atoms with van der Waals surface area (Å²) in [5, 5.41) is 0.123. The third-order valence-electron chi connectivity index (χ3n) is 3.25. The standard InChI is InChI=1S/C11H14Cl2N2O2S/c1-15(8-3-2-4-8)18(16,17)11-9(12)5-7(14)6-10(11)13/h5-6,8H,2-4,14H2,1H3. The molecule has 0 aromatic heterocycles. The molecule has 1 aromatic rings. The van der Waals surface area contributed by atoms with Crippen LogP contribution in [0.25, 0.3) is 0 Å². The van der Waals surface area contributed by atoms with Crippen LogP contribution < -0.4 is 5.73 Å². The molecule has 1 aliphatic carbocycles. The molecule has 7 heteroatoms. The number of nitrogen functional groups attached to an aromatic ring is 1. The Morgan fingerprint density at radius 2 is 1.78 bits per heavy atom. The highest BCUT2D eigenvalue weighted by Gasteiger charge is 2.34. The number of hydrogen-bond donors (Lipinski definition) is 1. The van der Waals surface area contributed by atoms with E-state index in [1.807, 2.05) is 0 Å². The summed E-state index contributed by atoms with van der Waals surface area (Å²) >= 11 is 11.9. The van der Waals surface area contributed by atoms with Crippen molar-refractivity contribution in [1.29, 1.82) is 0 Å². The highest BCUT2D eigenvalue weighted by molar-refractivity contribution is 7.89. The molecule has 18 heavy (non-hydrogen) atoms. The number of sulfonamides is 1. The van der Waals surface area contributed by atoms with Gasteiger partial charge in [-0.15, -0.1) is 0 Å². The Morgan fingerprint density at radius 1 is 1.28 bits per heavy atom. The van der Waals surface area contributed by atoms with Gasteiger partial charge in [-0.25, -0.2) is 8.42 Å². The number of rotatable bonds is 3. The molecule has 100 valence electrons. The van der Waals surface area contributed by atoms with Gasteiger partial charge in [0.1, 0.15) is 4.90 Å². The highest BCUT2D eigenvalue weighted by Crippen LogP contribution is 2.36. The van der Waals surface area contributed by atoms with Crippen LogP contribution in [0.5, 0.6) is 0 Å². The number of nitrogens with zero attached hydrogens (tertiary/aromatic N) is 1. The topological polar surface area (TPSA) is 63.4 Å². The molecule has 0 bridgehead atoms. The molecule has 2 rings (SSSR count). The Morgan fingerprint density at radius 3 is 2.17 bits per heavy atom. The first kappa shape index (κ1) is 13.9. The maximum Gasteiger partial charge on any atom is 0.246 e. The molecule has 4 nitrogen and oxygen atoms in total. The van der Waals surface area contributed by atoms with Crippen molar-refractivity contribution in [2.24, 2.45) is 0 Å². The number of halogens is 2. The second-order valence-corrected chi connectivity index (χ2v) is 7.17. The maximum atomic E-state index is 12.4.